The number of amides is 2. The number of aromatic hydroxyl groups is 1. The number of rotatable bonds is 6. The first-order valence-electron chi connectivity index (χ1n) is 15.0. The van der Waals surface area contributed by atoms with Crippen molar-refractivity contribution in [3.05, 3.63) is 77.9 Å². The van der Waals surface area contributed by atoms with Crippen molar-refractivity contribution in [3.8, 4) is 5.75 Å². The van der Waals surface area contributed by atoms with Crippen LogP contribution in [0.3, 0.4) is 0 Å². The molecule has 10 nitrogen and oxygen atoms in total. The van der Waals surface area contributed by atoms with Crippen LogP contribution in [0.2, 0.25) is 0 Å². The monoisotopic (exact) mass is 606 g/mol. The molecule has 0 aliphatic carbocycles. The van der Waals surface area contributed by atoms with Crippen LogP contribution >= 0.6 is 0 Å². The predicted octanol–water partition coefficient (Wildman–Crippen LogP) is 4.30. The van der Waals surface area contributed by atoms with Gasteiger partial charge in [0.05, 0.1) is 11.5 Å². The van der Waals surface area contributed by atoms with Crippen molar-refractivity contribution in [2.45, 2.75) is 77.9 Å². The average Bonchev–Trinajstić information content (AvgIpc) is 3.79. The molecule has 0 radical (unpaired) electrons. The van der Waals surface area contributed by atoms with Crippen molar-refractivity contribution < 1.29 is 38.5 Å². The number of benzene rings is 2. The highest BCUT2D eigenvalue weighted by atomic mass is 16.6. The minimum Gasteiger partial charge on any atom is -0.508 e. The highest BCUT2D eigenvalue weighted by molar-refractivity contribution is 5.93. The molecule has 6 atom stereocenters. The maximum atomic E-state index is 13.5. The van der Waals surface area contributed by atoms with E-state index in [1.165, 1.54) is 30.3 Å². The smallest absolute Gasteiger partial charge is 0.347 e. The van der Waals surface area contributed by atoms with Gasteiger partial charge in [-0.1, -0.05) is 69.3 Å². The van der Waals surface area contributed by atoms with Crippen LogP contribution in [0.5, 0.6) is 5.75 Å². The molecule has 10 heteroatoms. The number of carbonyl (C=O) groups excluding carboxylic acids is 4. The van der Waals surface area contributed by atoms with Crippen LogP contribution in [0.1, 0.15) is 70.7 Å². The molecular formula is C34H42N2O8. The number of esters is 2. The quantitative estimate of drug-likeness (QED) is 0.326. The first-order chi connectivity index (χ1) is 20.9. The fourth-order valence-corrected chi connectivity index (χ4v) is 5.10. The molecule has 2 aromatic carbocycles. The zero-order valence-electron chi connectivity index (χ0n) is 25.8. The standard InChI is InChI=1S/C34H42N2O8/c1-20(2)18-26-32(40)42-25(21(3)29-30(44-29)23-10-7-6-8-11-23)12-9-13-27(38)36-28(22-14-16-24(37)17-15-22)31(39)35-19-34(4,5)33(41)43-26/h6-11,13-17,20-21,25-26,28-30,37H,12,18-19H2,1-5H3,(H,35,39)(H,36,38)/b13-9+/t21-,25-,26-,28+,29+,30+/m0/s1. The summed E-state index contributed by atoms with van der Waals surface area (Å²) in [6.45, 7) is 8.85. The van der Waals surface area contributed by atoms with E-state index in [-0.39, 0.29) is 49.2 Å². The third kappa shape index (κ3) is 8.47. The van der Waals surface area contributed by atoms with Gasteiger partial charge in [-0.25, -0.2) is 4.79 Å². The summed E-state index contributed by atoms with van der Waals surface area (Å²) in [5.41, 5.74) is 0.258. The molecule has 1 fully saturated rings. The molecule has 2 aromatic rings. The minimum atomic E-state index is -1.21. The lowest BCUT2D eigenvalue weighted by molar-refractivity contribution is -0.179. The maximum absolute atomic E-state index is 13.5. The first-order valence-corrected chi connectivity index (χ1v) is 15.0. The van der Waals surface area contributed by atoms with E-state index in [9.17, 15) is 24.3 Å². The van der Waals surface area contributed by atoms with E-state index in [1.54, 1.807) is 19.9 Å². The normalized spacial score (nSPS) is 27.8. The van der Waals surface area contributed by atoms with Crippen LogP contribution in [0, 0.1) is 17.3 Å². The minimum absolute atomic E-state index is 0.0114. The van der Waals surface area contributed by atoms with E-state index in [0.29, 0.717) is 5.56 Å². The van der Waals surface area contributed by atoms with Crippen molar-refractivity contribution in [2.24, 2.45) is 17.3 Å². The Bertz CT molecular complexity index is 1360. The van der Waals surface area contributed by atoms with Crippen LogP contribution < -0.4 is 10.6 Å². The predicted molar refractivity (Wildman–Crippen MR) is 162 cm³/mol. The van der Waals surface area contributed by atoms with Gasteiger partial charge in [0, 0.05) is 18.9 Å². The molecule has 2 heterocycles. The van der Waals surface area contributed by atoms with Crippen LogP contribution in [0.4, 0.5) is 0 Å². The number of ether oxygens (including phenoxy) is 3. The van der Waals surface area contributed by atoms with Crippen molar-refractivity contribution in [2.75, 3.05) is 6.54 Å². The Labute approximate surface area is 258 Å². The van der Waals surface area contributed by atoms with Crippen molar-refractivity contribution >= 4 is 23.8 Å². The van der Waals surface area contributed by atoms with Crippen LogP contribution in [-0.4, -0.2) is 53.7 Å². The Kier molecular flexibility index (Phi) is 10.5. The van der Waals surface area contributed by atoms with Crippen molar-refractivity contribution in [1.82, 2.24) is 10.6 Å². The molecular weight excluding hydrogens is 564 g/mol. The zero-order chi connectivity index (χ0) is 32.0. The van der Waals surface area contributed by atoms with Gasteiger partial charge in [-0.05, 0) is 55.5 Å². The van der Waals surface area contributed by atoms with Crippen molar-refractivity contribution in [3.63, 3.8) is 0 Å². The van der Waals surface area contributed by atoms with Gasteiger partial charge in [-0.15, -0.1) is 0 Å². The molecule has 236 valence electrons. The second kappa shape index (κ2) is 14.1. The SMILES string of the molecule is CC(C)C[C@@H]1OC(=O)C(C)(C)CNC(=O)[C@@H](c2ccc(O)cc2)NC(=O)/C=C/C[C@@H]([C@H](C)[C@H]2O[C@@H]2c2ccccc2)OC1=O. The summed E-state index contributed by atoms with van der Waals surface area (Å²) < 4.78 is 17.8. The second-order valence-electron chi connectivity index (χ2n) is 12.6. The molecule has 0 unspecified atom stereocenters. The molecule has 4 rings (SSSR count). The molecule has 0 spiro atoms. The number of carbonyl (C=O) groups is 4. The van der Waals surface area contributed by atoms with Crippen LogP contribution in [-0.2, 0) is 33.4 Å². The molecule has 0 bridgehead atoms. The fraction of sp³-hybridized carbons (Fsp3) is 0.471. The first kappa shape index (κ1) is 32.7. The summed E-state index contributed by atoms with van der Waals surface area (Å²) >= 11 is 0. The summed E-state index contributed by atoms with van der Waals surface area (Å²) in [5.74, 6) is -2.64. The number of cyclic esters (lactones) is 2. The third-order valence-corrected chi connectivity index (χ3v) is 7.89. The number of hydrogen-bond donors (Lipinski definition) is 3. The van der Waals surface area contributed by atoms with Gasteiger partial charge in [-0.2, -0.15) is 0 Å². The fourth-order valence-electron chi connectivity index (χ4n) is 5.10. The second-order valence-corrected chi connectivity index (χ2v) is 12.6. The third-order valence-electron chi connectivity index (χ3n) is 7.89. The molecule has 3 N–H and O–H groups in total. The lowest BCUT2D eigenvalue weighted by Crippen LogP contribution is -2.47. The lowest BCUT2D eigenvalue weighted by Gasteiger charge is -2.29. The number of epoxide rings is 1. The van der Waals surface area contributed by atoms with Crippen molar-refractivity contribution in [1.29, 1.82) is 0 Å². The maximum Gasteiger partial charge on any atom is 0.347 e. The van der Waals surface area contributed by atoms with Crippen LogP contribution in [0.15, 0.2) is 66.7 Å². The Morgan fingerprint density at radius 2 is 1.61 bits per heavy atom. The van der Waals surface area contributed by atoms with E-state index < -0.39 is 47.4 Å². The van der Waals surface area contributed by atoms with Gasteiger partial charge in [0.1, 0.15) is 24.0 Å². The highest BCUT2D eigenvalue weighted by Crippen LogP contribution is 2.45. The summed E-state index contributed by atoms with van der Waals surface area (Å²) in [6, 6.07) is 14.6. The molecule has 2 aliphatic rings. The number of phenolic OH excluding ortho intramolecular Hbond substituents is 1. The highest BCUT2D eigenvalue weighted by Gasteiger charge is 2.48. The van der Waals surface area contributed by atoms with Gasteiger partial charge in [0.25, 0.3) is 0 Å². The number of phenols is 1. The van der Waals surface area contributed by atoms with Gasteiger partial charge in [-0.3, -0.25) is 14.4 Å². The van der Waals surface area contributed by atoms with E-state index >= 15 is 0 Å². The lowest BCUT2D eigenvalue weighted by atomic mass is 9.92. The van der Waals surface area contributed by atoms with E-state index in [4.69, 9.17) is 14.2 Å². The summed E-state index contributed by atoms with van der Waals surface area (Å²) in [5, 5.41) is 15.1. The van der Waals surface area contributed by atoms with E-state index in [0.717, 1.165) is 5.56 Å². The molecule has 44 heavy (non-hydrogen) atoms. The molecule has 0 aromatic heterocycles. The number of nitrogens with one attached hydrogen (secondary N) is 2. The Morgan fingerprint density at radius 3 is 2.27 bits per heavy atom. The molecule has 2 amide bonds. The van der Waals surface area contributed by atoms with E-state index in [1.807, 2.05) is 51.1 Å². The summed E-state index contributed by atoms with van der Waals surface area (Å²) in [6.07, 6.45) is 1.14. The Hall–Kier alpha value is -4.18. The molecule has 0 saturated carbocycles. The molecule has 2 aliphatic heterocycles. The van der Waals surface area contributed by atoms with Gasteiger partial charge < -0.3 is 30.0 Å². The molecule has 1 saturated heterocycles. The number of hydrogen-bond acceptors (Lipinski definition) is 8. The Balaban J connectivity index is 1.63. The zero-order valence-corrected chi connectivity index (χ0v) is 25.8. The average molecular weight is 607 g/mol. The van der Waals surface area contributed by atoms with Crippen LogP contribution in [0.25, 0.3) is 0 Å². The topological polar surface area (TPSA) is 144 Å². The summed E-state index contributed by atoms with van der Waals surface area (Å²) in [7, 11) is 0. The van der Waals surface area contributed by atoms with E-state index in [2.05, 4.69) is 10.6 Å². The van der Waals surface area contributed by atoms with Gasteiger partial charge >= 0.3 is 11.9 Å². The largest absolute Gasteiger partial charge is 0.508 e. The van der Waals surface area contributed by atoms with Gasteiger partial charge in [0.15, 0.2) is 6.10 Å². The Morgan fingerprint density at radius 1 is 0.932 bits per heavy atom. The van der Waals surface area contributed by atoms with Gasteiger partial charge in [0.2, 0.25) is 11.8 Å². The summed E-state index contributed by atoms with van der Waals surface area (Å²) in [4.78, 5) is 53.2.